The predicted molar refractivity (Wildman–Crippen MR) is 103 cm³/mol. The Morgan fingerprint density at radius 1 is 1.34 bits per heavy atom. The fourth-order valence-corrected chi connectivity index (χ4v) is 2.48. The highest BCUT2D eigenvalue weighted by molar-refractivity contribution is 5.95. The van der Waals surface area contributed by atoms with Crippen LogP contribution in [0.4, 0.5) is 17.2 Å². The van der Waals surface area contributed by atoms with E-state index in [1.807, 2.05) is 6.92 Å². The van der Waals surface area contributed by atoms with Crippen molar-refractivity contribution < 1.29 is 19.2 Å². The third kappa shape index (κ3) is 4.29. The summed E-state index contributed by atoms with van der Waals surface area (Å²) in [5.41, 5.74) is 0.810. The molecule has 0 bridgehead atoms. The lowest BCUT2D eigenvalue weighted by Crippen LogP contribution is -2.13. The van der Waals surface area contributed by atoms with Gasteiger partial charge in [-0.2, -0.15) is 10.1 Å². The van der Waals surface area contributed by atoms with Gasteiger partial charge in [0, 0.05) is 12.4 Å². The Morgan fingerprint density at radius 3 is 2.76 bits per heavy atom. The number of esters is 1. The first-order valence-corrected chi connectivity index (χ1v) is 8.58. The van der Waals surface area contributed by atoms with Gasteiger partial charge in [-0.3, -0.25) is 10.1 Å². The zero-order valence-electron chi connectivity index (χ0n) is 15.9. The second-order valence-corrected chi connectivity index (χ2v) is 5.88. The SMILES string of the molecule is CCOC(=O)c1cnc(-n2cc(C)cn2)nc1Nc1ccc(OC)cc1[N+](=O)[O-]. The summed E-state index contributed by atoms with van der Waals surface area (Å²) >= 11 is 0. The Bertz CT molecular complexity index is 1060. The maximum Gasteiger partial charge on any atom is 0.343 e. The molecular formula is C18H18N6O5. The van der Waals surface area contributed by atoms with Crippen LogP contribution in [0.2, 0.25) is 0 Å². The first-order valence-electron chi connectivity index (χ1n) is 8.58. The van der Waals surface area contributed by atoms with Gasteiger partial charge in [0.15, 0.2) is 5.82 Å². The number of nitrogens with one attached hydrogen (secondary N) is 1. The summed E-state index contributed by atoms with van der Waals surface area (Å²) < 4.78 is 11.5. The van der Waals surface area contributed by atoms with Crippen molar-refractivity contribution in [3.63, 3.8) is 0 Å². The number of nitro groups is 1. The van der Waals surface area contributed by atoms with Crippen molar-refractivity contribution in [1.29, 1.82) is 0 Å². The van der Waals surface area contributed by atoms with Crippen molar-refractivity contribution >= 4 is 23.2 Å². The molecule has 0 saturated heterocycles. The molecular weight excluding hydrogens is 380 g/mol. The van der Waals surface area contributed by atoms with Gasteiger partial charge < -0.3 is 14.8 Å². The minimum atomic E-state index is -0.658. The van der Waals surface area contributed by atoms with Crippen molar-refractivity contribution in [3.8, 4) is 11.7 Å². The summed E-state index contributed by atoms with van der Waals surface area (Å²) in [6, 6.07) is 4.29. The molecule has 0 fully saturated rings. The monoisotopic (exact) mass is 398 g/mol. The number of nitro benzene ring substituents is 1. The van der Waals surface area contributed by atoms with Crippen molar-refractivity contribution in [3.05, 3.63) is 58.0 Å². The van der Waals surface area contributed by atoms with Crippen molar-refractivity contribution in [2.24, 2.45) is 0 Å². The minimum absolute atomic E-state index is 0.0320. The summed E-state index contributed by atoms with van der Waals surface area (Å²) in [5.74, 6) is -0.0997. The van der Waals surface area contributed by atoms with E-state index in [-0.39, 0.29) is 35.3 Å². The topological polar surface area (TPSA) is 134 Å². The number of aromatic nitrogens is 4. The van der Waals surface area contributed by atoms with Crippen molar-refractivity contribution in [1.82, 2.24) is 19.7 Å². The number of carbonyl (C=O) groups is 1. The van der Waals surface area contributed by atoms with E-state index in [9.17, 15) is 14.9 Å². The first kappa shape index (κ1) is 19.7. The molecule has 0 atom stereocenters. The molecule has 11 nitrogen and oxygen atoms in total. The summed E-state index contributed by atoms with van der Waals surface area (Å²) in [4.78, 5) is 31.7. The summed E-state index contributed by atoms with van der Waals surface area (Å²) in [7, 11) is 1.41. The molecule has 1 aromatic carbocycles. The average Bonchev–Trinajstić information content (AvgIpc) is 3.14. The van der Waals surface area contributed by atoms with Crippen LogP contribution < -0.4 is 10.1 Å². The molecule has 0 radical (unpaired) electrons. The second kappa shape index (κ2) is 8.33. The lowest BCUT2D eigenvalue weighted by Gasteiger charge is -2.12. The molecule has 2 heterocycles. The smallest absolute Gasteiger partial charge is 0.343 e. The van der Waals surface area contributed by atoms with E-state index in [4.69, 9.17) is 9.47 Å². The van der Waals surface area contributed by atoms with Gasteiger partial charge >= 0.3 is 5.97 Å². The lowest BCUT2D eigenvalue weighted by atomic mass is 10.2. The standard InChI is InChI=1S/C18H18N6O5/c1-4-29-17(25)13-9-19-18(23-10-11(2)8-20-23)22-16(13)21-14-6-5-12(28-3)7-15(14)24(26)27/h5-10H,4H2,1-3H3,(H,19,21,22). The number of ether oxygens (including phenoxy) is 2. The maximum absolute atomic E-state index is 12.3. The first-order chi connectivity index (χ1) is 13.9. The molecule has 29 heavy (non-hydrogen) atoms. The van der Waals surface area contributed by atoms with Crippen molar-refractivity contribution in [2.45, 2.75) is 13.8 Å². The Kier molecular flexibility index (Phi) is 5.67. The van der Waals surface area contributed by atoms with Crippen molar-refractivity contribution in [2.75, 3.05) is 19.0 Å². The number of rotatable bonds is 7. The molecule has 0 aliphatic heterocycles. The Hall–Kier alpha value is -4.02. The van der Waals surface area contributed by atoms with Crippen LogP contribution in [0.3, 0.4) is 0 Å². The number of anilines is 2. The van der Waals surface area contributed by atoms with Crippen LogP contribution in [0, 0.1) is 17.0 Å². The van der Waals surface area contributed by atoms with E-state index in [0.29, 0.717) is 5.75 Å². The van der Waals surface area contributed by atoms with E-state index in [0.717, 1.165) is 5.56 Å². The fraction of sp³-hybridized carbons (Fsp3) is 0.222. The number of nitrogens with zero attached hydrogens (tertiary/aromatic N) is 5. The second-order valence-electron chi connectivity index (χ2n) is 5.88. The van der Waals surface area contributed by atoms with Crippen LogP contribution in [0.15, 0.2) is 36.8 Å². The molecule has 3 aromatic rings. The van der Waals surface area contributed by atoms with Gasteiger partial charge in [-0.1, -0.05) is 0 Å². The third-order valence-corrected chi connectivity index (χ3v) is 3.84. The van der Waals surface area contributed by atoms with Gasteiger partial charge in [-0.25, -0.2) is 14.5 Å². The number of methoxy groups -OCH3 is 1. The molecule has 0 aliphatic rings. The van der Waals surface area contributed by atoms with Crippen LogP contribution in [-0.2, 0) is 4.74 Å². The minimum Gasteiger partial charge on any atom is -0.496 e. The molecule has 0 unspecified atom stereocenters. The summed E-state index contributed by atoms with van der Waals surface area (Å²) in [6.07, 6.45) is 4.62. The number of aryl methyl sites for hydroxylation is 1. The van der Waals surface area contributed by atoms with Gasteiger partial charge in [-0.05, 0) is 31.5 Å². The highest BCUT2D eigenvalue weighted by Crippen LogP contribution is 2.32. The molecule has 150 valence electrons. The van der Waals surface area contributed by atoms with Crippen LogP contribution in [-0.4, -0.2) is 44.4 Å². The lowest BCUT2D eigenvalue weighted by molar-refractivity contribution is -0.384. The van der Waals surface area contributed by atoms with E-state index >= 15 is 0 Å². The Labute approximate surface area is 165 Å². The number of hydrogen-bond acceptors (Lipinski definition) is 9. The van der Waals surface area contributed by atoms with Gasteiger partial charge in [0.2, 0.25) is 0 Å². The van der Waals surface area contributed by atoms with Gasteiger partial charge in [0.25, 0.3) is 11.6 Å². The largest absolute Gasteiger partial charge is 0.496 e. The normalized spacial score (nSPS) is 10.4. The zero-order valence-corrected chi connectivity index (χ0v) is 15.9. The van der Waals surface area contributed by atoms with E-state index in [1.54, 1.807) is 25.4 Å². The van der Waals surface area contributed by atoms with E-state index in [1.165, 1.54) is 30.1 Å². The predicted octanol–water partition coefficient (Wildman–Crippen LogP) is 2.81. The number of benzene rings is 1. The number of carbonyl (C=O) groups excluding carboxylic acids is 1. The maximum atomic E-state index is 12.3. The molecule has 3 rings (SSSR count). The number of hydrogen-bond donors (Lipinski definition) is 1. The summed E-state index contributed by atoms with van der Waals surface area (Å²) in [5, 5.41) is 18.4. The average molecular weight is 398 g/mol. The molecule has 0 amide bonds. The van der Waals surface area contributed by atoms with Gasteiger partial charge in [-0.15, -0.1) is 0 Å². The van der Waals surface area contributed by atoms with Gasteiger partial charge in [0.05, 0.1) is 30.9 Å². The molecule has 11 heteroatoms. The summed E-state index contributed by atoms with van der Waals surface area (Å²) in [6.45, 7) is 3.68. The molecule has 2 aromatic heterocycles. The zero-order chi connectivity index (χ0) is 21.0. The van der Waals surface area contributed by atoms with E-state index in [2.05, 4.69) is 20.4 Å². The molecule has 0 aliphatic carbocycles. The molecule has 1 N–H and O–H groups in total. The molecule has 0 saturated carbocycles. The van der Waals surface area contributed by atoms with Gasteiger partial charge in [0.1, 0.15) is 17.0 Å². The van der Waals surface area contributed by atoms with E-state index < -0.39 is 10.9 Å². The Morgan fingerprint density at radius 2 is 2.14 bits per heavy atom. The van der Waals surface area contributed by atoms with Crippen LogP contribution in [0.25, 0.3) is 5.95 Å². The van der Waals surface area contributed by atoms with Crippen LogP contribution in [0.1, 0.15) is 22.8 Å². The Balaban J connectivity index is 2.08. The third-order valence-electron chi connectivity index (χ3n) is 3.84. The fourth-order valence-electron chi connectivity index (χ4n) is 2.48. The highest BCUT2D eigenvalue weighted by atomic mass is 16.6. The van der Waals surface area contributed by atoms with Crippen LogP contribution >= 0.6 is 0 Å². The van der Waals surface area contributed by atoms with Crippen LogP contribution in [0.5, 0.6) is 5.75 Å². The molecule has 0 spiro atoms. The highest BCUT2D eigenvalue weighted by Gasteiger charge is 2.21. The quantitative estimate of drug-likeness (QED) is 0.362.